The summed E-state index contributed by atoms with van der Waals surface area (Å²) < 4.78 is 5.56. The number of carbonyl (C=O) groups is 3. The van der Waals surface area contributed by atoms with Crippen molar-refractivity contribution in [3.63, 3.8) is 0 Å². The van der Waals surface area contributed by atoms with Gasteiger partial charge in [0.15, 0.2) is 0 Å². The fourth-order valence-electron chi connectivity index (χ4n) is 5.20. The van der Waals surface area contributed by atoms with E-state index in [1.54, 1.807) is 0 Å². The highest BCUT2D eigenvalue weighted by atomic mass is 16.5. The number of nitrogens with one attached hydrogen (secondary N) is 2. The average molecular weight is 465 g/mol. The van der Waals surface area contributed by atoms with Gasteiger partial charge in [0.1, 0.15) is 6.61 Å². The highest BCUT2D eigenvalue weighted by molar-refractivity contribution is 5.79. The van der Waals surface area contributed by atoms with E-state index in [9.17, 15) is 19.5 Å². The third kappa shape index (κ3) is 5.41. The molecule has 7 heteroatoms. The highest BCUT2D eigenvalue weighted by Crippen LogP contribution is 2.44. The molecule has 3 atom stereocenters. The van der Waals surface area contributed by atoms with Crippen LogP contribution in [0.3, 0.4) is 0 Å². The van der Waals surface area contributed by atoms with Crippen LogP contribution in [-0.2, 0) is 14.3 Å². The lowest BCUT2D eigenvalue weighted by atomic mass is 9.96. The van der Waals surface area contributed by atoms with Crippen LogP contribution in [0.15, 0.2) is 48.5 Å². The van der Waals surface area contributed by atoms with Crippen molar-refractivity contribution in [3.8, 4) is 11.1 Å². The number of hydrogen-bond donors (Lipinski definition) is 3. The van der Waals surface area contributed by atoms with Gasteiger partial charge in [0.25, 0.3) is 0 Å². The van der Waals surface area contributed by atoms with Crippen LogP contribution in [0.1, 0.15) is 56.1 Å². The third-order valence-electron chi connectivity index (χ3n) is 7.05. The molecule has 0 bridgehead atoms. The minimum Gasteiger partial charge on any atom is -0.481 e. The van der Waals surface area contributed by atoms with Gasteiger partial charge in [-0.3, -0.25) is 9.59 Å². The Morgan fingerprint density at radius 1 is 1.03 bits per heavy atom. The molecule has 0 aromatic heterocycles. The van der Waals surface area contributed by atoms with Crippen molar-refractivity contribution in [1.29, 1.82) is 0 Å². The predicted octanol–water partition coefficient (Wildman–Crippen LogP) is 4.31. The molecule has 0 saturated heterocycles. The van der Waals surface area contributed by atoms with E-state index in [0.717, 1.165) is 24.0 Å². The summed E-state index contributed by atoms with van der Waals surface area (Å²) in [7, 11) is 0. The van der Waals surface area contributed by atoms with Crippen LogP contribution < -0.4 is 10.6 Å². The van der Waals surface area contributed by atoms with Crippen LogP contribution in [0, 0.1) is 11.8 Å². The molecule has 2 aromatic carbocycles. The smallest absolute Gasteiger partial charge is 0.407 e. The summed E-state index contributed by atoms with van der Waals surface area (Å²) in [6, 6.07) is 16.1. The first-order chi connectivity index (χ1) is 16.4. The molecule has 34 heavy (non-hydrogen) atoms. The van der Waals surface area contributed by atoms with Crippen molar-refractivity contribution in [1.82, 2.24) is 10.6 Å². The first-order valence-electron chi connectivity index (χ1n) is 12.0. The fraction of sp³-hybridized carbons (Fsp3) is 0.444. The molecule has 0 spiro atoms. The number of alkyl carbamates (subject to hydrolysis) is 1. The summed E-state index contributed by atoms with van der Waals surface area (Å²) in [6.07, 6.45) is 2.63. The number of aliphatic carboxylic acids is 1. The number of ether oxygens (including phenoxy) is 1. The minimum atomic E-state index is -0.780. The molecule has 1 unspecified atom stereocenters. The second-order valence-corrected chi connectivity index (χ2v) is 9.35. The maximum atomic E-state index is 12.4. The maximum absolute atomic E-state index is 12.4. The van der Waals surface area contributed by atoms with Crippen LogP contribution in [0.2, 0.25) is 0 Å². The third-order valence-corrected chi connectivity index (χ3v) is 7.05. The van der Waals surface area contributed by atoms with E-state index in [0.29, 0.717) is 19.4 Å². The number of amides is 2. The van der Waals surface area contributed by atoms with Gasteiger partial charge < -0.3 is 20.5 Å². The molecule has 3 N–H and O–H groups in total. The van der Waals surface area contributed by atoms with Crippen LogP contribution in [0.4, 0.5) is 4.79 Å². The van der Waals surface area contributed by atoms with Gasteiger partial charge >= 0.3 is 12.1 Å². The summed E-state index contributed by atoms with van der Waals surface area (Å²) >= 11 is 0. The van der Waals surface area contributed by atoms with Crippen LogP contribution in [-0.4, -0.2) is 42.3 Å². The van der Waals surface area contributed by atoms with Crippen LogP contribution in [0.5, 0.6) is 0 Å². The van der Waals surface area contributed by atoms with Gasteiger partial charge in [-0.15, -0.1) is 0 Å². The van der Waals surface area contributed by atoms with Gasteiger partial charge in [0.2, 0.25) is 5.91 Å². The SMILES string of the molecule is CC(CCC(=O)NC[C@H]1CCC[C@H]1C(=O)O)NC(=O)OCC1c2ccccc2-c2ccccc21. The van der Waals surface area contributed by atoms with E-state index in [1.807, 2.05) is 31.2 Å². The van der Waals surface area contributed by atoms with Gasteiger partial charge in [-0.05, 0) is 54.4 Å². The number of benzene rings is 2. The van der Waals surface area contributed by atoms with E-state index in [2.05, 4.69) is 34.9 Å². The summed E-state index contributed by atoms with van der Waals surface area (Å²) in [5.74, 6) is -1.27. The molecule has 2 aliphatic carbocycles. The van der Waals surface area contributed by atoms with Gasteiger partial charge in [0.05, 0.1) is 5.92 Å². The van der Waals surface area contributed by atoms with Gasteiger partial charge in [0, 0.05) is 24.9 Å². The Labute approximate surface area is 199 Å². The minimum absolute atomic E-state index is 0.00201. The molecule has 0 heterocycles. The number of carbonyl (C=O) groups excluding carboxylic acids is 2. The topological polar surface area (TPSA) is 105 Å². The van der Waals surface area contributed by atoms with E-state index < -0.39 is 12.1 Å². The van der Waals surface area contributed by atoms with Crippen LogP contribution >= 0.6 is 0 Å². The molecular formula is C27H32N2O5. The molecule has 0 radical (unpaired) electrons. The van der Waals surface area contributed by atoms with Gasteiger partial charge in [-0.25, -0.2) is 4.79 Å². The predicted molar refractivity (Wildman–Crippen MR) is 128 cm³/mol. The summed E-state index contributed by atoms with van der Waals surface area (Å²) in [6.45, 7) is 2.48. The molecule has 180 valence electrons. The highest BCUT2D eigenvalue weighted by Gasteiger charge is 2.33. The molecule has 2 amide bonds. The molecule has 2 aromatic rings. The monoisotopic (exact) mass is 464 g/mol. The fourth-order valence-corrected chi connectivity index (χ4v) is 5.20. The first kappa shape index (κ1) is 23.8. The number of rotatable bonds is 9. The molecule has 2 aliphatic rings. The van der Waals surface area contributed by atoms with E-state index in [-0.39, 0.29) is 42.7 Å². The standard InChI is InChI=1S/C27H32N2O5/c1-17(13-14-25(30)28-15-18-7-6-12-19(18)26(31)32)29-27(33)34-16-24-22-10-4-2-8-20(22)21-9-3-5-11-23(21)24/h2-5,8-11,17-19,24H,6-7,12-16H2,1H3,(H,28,30)(H,29,33)(H,31,32)/t17?,18-,19-/m1/s1. The Morgan fingerprint density at radius 2 is 1.68 bits per heavy atom. The van der Waals surface area contributed by atoms with Crippen molar-refractivity contribution in [2.75, 3.05) is 13.2 Å². The maximum Gasteiger partial charge on any atom is 0.407 e. The second kappa shape index (κ2) is 10.7. The van der Waals surface area contributed by atoms with Crippen molar-refractivity contribution < 1.29 is 24.2 Å². The van der Waals surface area contributed by atoms with Crippen molar-refractivity contribution in [2.45, 2.75) is 51.0 Å². The number of fused-ring (bicyclic) bond motifs is 3. The number of carboxylic acid groups (broad SMARTS) is 1. The zero-order chi connectivity index (χ0) is 24.1. The molecule has 7 nitrogen and oxygen atoms in total. The van der Waals surface area contributed by atoms with Crippen LogP contribution in [0.25, 0.3) is 11.1 Å². The average Bonchev–Trinajstić information content (AvgIpc) is 3.43. The van der Waals surface area contributed by atoms with Crippen molar-refractivity contribution in [3.05, 3.63) is 59.7 Å². The van der Waals surface area contributed by atoms with E-state index >= 15 is 0 Å². The number of carboxylic acids is 1. The molecule has 4 rings (SSSR count). The molecule has 0 aliphatic heterocycles. The van der Waals surface area contributed by atoms with Crippen molar-refractivity contribution >= 4 is 18.0 Å². The summed E-state index contributed by atoms with van der Waals surface area (Å²) in [5.41, 5.74) is 4.68. The zero-order valence-electron chi connectivity index (χ0n) is 19.5. The summed E-state index contributed by atoms with van der Waals surface area (Å²) in [5, 5.41) is 14.9. The second-order valence-electron chi connectivity index (χ2n) is 9.35. The molecule has 1 fully saturated rings. The quantitative estimate of drug-likeness (QED) is 0.513. The van der Waals surface area contributed by atoms with E-state index in [4.69, 9.17) is 4.74 Å². The Morgan fingerprint density at radius 3 is 2.32 bits per heavy atom. The number of hydrogen-bond acceptors (Lipinski definition) is 4. The molecular weight excluding hydrogens is 432 g/mol. The van der Waals surface area contributed by atoms with E-state index in [1.165, 1.54) is 11.1 Å². The lowest BCUT2D eigenvalue weighted by Crippen LogP contribution is -2.36. The lowest BCUT2D eigenvalue weighted by Gasteiger charge is -2.18. The Kier molecular flexibility index (Phi) is 7.50. The van der Waals surface area contributed by atoms with Gasteiger partial charge in [-0.2, -0.15) is 0 Å². The lowest BCUT2D eigenvalue weighted by molar-refractivity contribution is -0.143. The van der Waals surface area contributed by atoms with Crippen molar-refractivity contribution in [2.24, 2.45) is 11.8 Å². The van der Waals surface area contributed by atoms with Gasteiger partial charge in [-0.1, -0.05) is 55.0 Å². The summed E-state index contributed by atoms with van der Waals surface area (Å²) in [4.78, 5) is 35.9. The Balaban J connectivity index is 1.20. The largest absolute Gasteiger partial charge is 0.481 e. The first-order valence-corrected chi connectivity index (χ1v) is 12.0. The zero-order valence-corrected chi connectivity index (χ0v) is 19.5. The Hall–Kier alpha value is -3.35. The normalized spacial score (nSPS) is 19.7. The Bertz CT molecular complexity index is 1010. The molecule has 1 saturated carbocycles.